The van der Waals surface area contributed by atoms with Crippen molar-refractivity contribution in [3.63, 3.8) is 0 Å². The molecule has 3 fully saturated rings. The Morgan fingerprint density at radius 1 is 1.13 bits per heavy atom. The van der Waals surface area contributed by atoms with Crippen molar-refractivity contribution < 1.29 is 4.79 Å². The maximum absolute atomic E-state index is 12.0. The molecule has 1 saturated heterocycles. The topological polar surface area (TPSA) is 41.1 Å². The van der Waals surface area contributed by atoms with Gasteiger partial charge in [0.1, 0.15) is 0 Å². The maximum atomic E-state index is 12.0. The van der Waals surface area contributed by atoms with E-state index in [4.69, 9.17) is 0 Å². The van der Waals surface area contributed by atoms with Crippen LogP contribution in [0.4, 0.5) is 0 Å². The lowest BCUT2D eigenvalue weighted by Crippen LogP contribution is -2.37. The predicted molar refractivity (Wildman–Crippen MR) is 58.4 cm³/mol. The van der Waals surface area contributed by atoms with E-state index in [1.807, 2.05) is 0 Å². The molecule has 1 aliphatic heterocycles. The van der Waals surface area contributed by atoms with Crippen molar-refractivity contribution in [3.8, 4) is 0 Å². The van der Waals surface area contributed by atoms with Crippen LogP contribution in [0.1, 0.15) is 32.1 Å². The summed E-state index contributed by atoms with van der Waals surface area (Å²) in [5.41, 5.74) is 0. The normalized spacial score (nSPS) is 43.5. The van der Waals surface area contributed by atoms with Crippen LogP contribution in [0.5, 0.6) is 0 Å². The molecule has 15 heavy (non-hydrogen) atoms. The van der Waals surface area contributed by atoms with Crippen molar-refractivity contribution in [1.82, 2.24) is 10.6 Å². The molecular formula is C12H20N2O. The van der Waals surface area contributed by atoms with E-state index in [9.17, 15) is 4.79 Å². The van der Waals surface area contributed by atoms with Gasteiger partial charge in [-0.15, -0.1) is 0 Å². The van der Waals surface area contributed by atoms with Crippen molar-refractivity contribution in [2.75, 3.05) is 13.1 Å². The van der Waals surface area contributed by atoms with Gasteiger partial charge in [0, 0.05) is 18.5 Å². The van der Waals surface area contributed by atoms with Crippen LogP contribution in [-0.4, -0.2) is 25.0 Å². The van der Waals surface area contributed by atoms with E-state index < -0.39 is 0 Å². The van der Waals surface area contributed by atoms with Crippen LogP contribution in [0.15, 0.2) is 0 Å². The smallest absolute Gasteiger partial charge is 0.223 e. The minimum atomic E-state index is 0.348. The Labute approximate surface area is 91.0 Å². The standard InChI is InChI=1S/C12H20N2O/c15-12(14-8-5-6-13-7-8)11-9-3-1-2-4-10(9)11/h8-11,13H,1-7H2,(H,14,15). The molecule has 0 spiro atoms. The zero-order chi connectivity index (χ0) is 10.3. The summed E-state index contributed by atoms with van der Waals surface area (Å²) in [6.07, 6.45) is 6.39. The summed E-state index contributed by atoms with van der Waals surface area (Å²) in [4.78, 5) is 12.0. The highest BCUT2D eigenvalue weighted by molar-refractivity contribution is 5.82. The van der Waals surface area contributed by atoms with Crippen LogP contribution in [-0.2, 0) is 4.79 Å². The molecule has 2 N–H and O–H groups in total. The molecule has 0 aromatic carbocycles. The molecule has 3 aliphatic rings. The molecule has 3 rings (SSSR count). The molecule has 3 heteroatoms. The van der Waals surface area contributed by atoms with Gasteiger partial charge in [0.25, 0.3) is 0 Å². The van der Waals surface area contributed by atoms with Gasteiger partial charge in [-0.3, -0.25) is 4.79 Å². The second-order valence-electron chi connectivity index (χ2n) is 5.34. The number of hydrogen-bond acceptors (Lipinski definition) is 2. The van der Waals surface area contributed by atoms with Crippen molar-refractivity contribution >= 4 is 5.91 Å². The number of rotatable bonds is 2. The molecule has 1 amide bonds. The Morgan fingerprint density at radius 2 is 1.87 bits per heavy atom. The fourth-order valence-corrected chi connectivity index (χ4v) is 3.46. The number of hydrogen-bond donors (Lipinski definition) is 2. The highest BCUT2D eigenvalue weighted by Crippen LogP contribution is 2.55. The molecule has 84 valence electrons. The van der Waals surface area contributed by atoms with Gasteiger partial charge in [-0.05, 0) is 37.6 Å². The molecule has 3 nitrogen and oxygen atoms in total. The van der Waals surface area contributed by atoms with E-state index in [-0.39, 0.29) is 0 Å². The van der Waals surface area contributed by atoms with Crippen LogP contribution in [0, 0.1) is 17.8 Å². The molecule has 2 saturated carbocycles. The van der Waals surface area contributed by atoms with Gasteiger partial charge in [0.15, 0.2) is 0 Å². The van der Waals surface area contributed by atoms with Crippen LogP contribution >= 0.6 is 0 Å². The van der Waals surface area contributed by atoms with Gasteiger partial charge in [0.05, 0.1) is 0 Å². The van der Waals surface area contributed by atoms with Gasteiger partial charge in [-0.2, -0.15) is 0 Å². The Balaban J connectivity index is 1.52. The summed E-state index contributed by atoms with van der Waals surface area (Å²) in [7, 11) is 0. The van der Waals surface area contributed by atoms with E-state index in [0.717, 1.165) is 31.3 Å². The summed E-state index contributed by atoms with van der Waals surface area (Å²) in [5, 5.41) is 6.48. The second kappa shape index (κ2) is 3.78. The fraction of sp³-hybridized carbons (Fsp3) is 0.917. The summed E-state index contributed by atoms with van der Waals surface area (Å²) in [6.45, 7) is 2.02. The first-order chi connectivity index (χ1) is 7.36. The quantitative estimate of drug-likeness (QED) is 0.708. The zero-order valence-electron chi connectivity index (χ0n) is 9.17. The van der Waals surface area contributed by atoms with Gasteiger partial charge in [-0.25, -0.2) is 0 Å². The van der Waals surface area contributed by atoms with E-state index in [2.05, 4.69) is 10.6 Å². The molecule has 2 aliphatic carbocycles. The van der Waals surface area contributed by atoms with Crippen LogP contribution in [0.3, 0.4) is 0 Å². The third-order valence-corrected chi connectivity index (χ3v) is 4.37. The number of carbonyl (C=O) groups excluding carboxylic acids is 1. The highest BCUT2D eigenvalue weighted by atomic mass is 16.2. The van der Waals surface area contributed by atoms with Crippen molar-refractivity contribution in [2.24, 2.45) is 17.8 Å². The minimum Gasteiger partial charge on any atom is -0.352 e. The summed E-state index contributed by atoms with van der Waals surface area (Å²) < 4.78 is 0. The average Bonchev–Trinajstić information content (AvgIpc) is 2.77. The molecule has 0 aromatic heterocycles. The first-order valence-electron chi connectivity index (χ1n) is 6.37. The predicted octanol–water partition coefficient (Wildman–Crippen LogP) is 0.901. The van der Waals surface area contributed by atoms with E-state index in [1.54, 1.807) is 0 Å². The third-order valence-electron chi connectivity index (χ3n) is 4.37. The molecule has 3 atom stereocenters. The summed E-state index contributed by atoms with van der Waals surface area (Å²) in [5.74, 6) is 2.22. The summed E-state index contributed by atoms with van der Waals surface area (Å²) >= 11 is 0. The van der Waals surface area contributed by atoms with Gasteiger partial charge in [0.2, 0.25) is 5.91 Å². The highest BCUT2D eigenvalue weighted by Gasteiger charge is 2.54. The van der Waals surface area contributed by atoms with Crippen molar-refractivity contribution in [2.45, 2.75) is 38.1 Å². The van der Waals surface area contributed by atoms with E-state index in [0.29, 0.717) is 17.9 Å². The second-order valence-corrected chi connectivity index (χ2v) is 5.34. The van der Waals surface area contributed by atoms with Crippen molar-refractivity contribution in [3.05, 3.63) is 0 Å². The lowest BCUT2D eigenvalue weighted by Gasteiger charge is -2.10. The van der Waals surface area contributed by atoms with Gasteiger partial charge < -0.3 is 10.6 Å². The molecule has 1 heterocycles. The Kier molecular flexibility index (Phi) is 2.43. The third kappa shape index (κ3) is 1.78. The molecule has 3 unspecified atom stereocenters. The monoisotopic (exact) mass is 208 g/mol. The lowest BCUT2D eigenvalue weighted by molar-refractivity contribution is -0.123. The Hall–Kier alpha value is -0.570. The number of amides is 1. The zero-order valence-corrected chi connectivity index (χ0v) is 9.17. The van der Waals surface area contributed by atoms with Crippen molar-refractivity contribution in [1.29, 1.82) is 0 Å². The number of carbonyl (C=O) groups is 1. The molecule has 0 bridgehead atoms. The minimum absolute atomic E-state index is 0.348. The average molecular weight is 208 g/mol. The number of nitrogens with one attached hydrogen (secondary N) is 2. The van der Waals surface area contributed by atoms with Crippen LogP contribution in [0.2, 0.25) is 0 Å². The molecule has 0 radical (unpaired) electrons. The summed E-state index contributed by atoms with van der Waals surface area (Å²) in [6, 6.07) is 0.403. The van der Waals surface area contributed by atoms with E-state index >= 15 is 0 Å². The first kappa shape index (κ1) is 9.64. The molecule has 0 aromatic rings. The van der Waals surface area contributed by atoms with Gasteiger partial charge in [-0.1, -0.05) is 12.8 Å². The van der Waals surface area contributed by atoms with Crippen LogP contribution < -0.4 is 10.6 Å². The largest absolute Gasteiger partial charge is 0.352 e. The SMILES string of the molecule is O=C(NC1CCNC1)C1C2CCCCC21. The van der Waals surface area contributed by atoms with Crippen LogP contribution in [0.25, 0.3) is 0 Å². The first-order valence-corrected chi connectivity index (χ1v) is 6.37. The fourth-order valence-electron chi connectivity index (χ4n) is 3.46. The lowest BCUT2D eigenvalue weighted by atomic mass is 10.0. The Morgan fingerprint density at radius 3 is 2.47 bits per heavy atom. The Bertz CT molecular complexity index is 248. The molecular weight excluding hydrogens is 188 g/mol. The van der Waals surface area contributed by atoms with Gasteiger partial charge >= 0.3 is 0 Å². The number of fused-ring (bicyclic) bond motifs is 1. The van der Waals surface area contributed by atoms with E-state index in [1.165, 1.54) is 25.7 Å². The maximum Gasteiger partial charge on any atom is 0.223 e.